The fourth-order valence-electron chi connectivity index (χ4n) is 0.252. The second-order valence-corrected chi connectivity index (χ2v) is 0.905. The van der Waals surface area contributed by atoms with Crippen molar-refractivity contribution >= 4 is 0 Å². The molecule has 0 aromatic heterocycles. The molecule has 1 saturated heterocycles. The maximum absolute atomic E-state index is 7.31. The van der Waals surface area contributed by atoms with Crippen molar-refractivity contribution in [3.05, 3.63) is 0 Å². The van der Waals surface area contributed by atoms with Gasteiger partial charge in [-0.05, 0) is 25.8 Å². The van der Waals surface area contributed by atoms with Gasteiger partial charge in [0.15, 0.2) is 0 Å². The molecule has 0 atom stereocenters. The Hall–Kier alpha value is -0.0400. The van der Waals surface area contributed by atoms with E-state index in [4.69, 9.17) is 11.0 Å². The summed E-state index contributed by atoms with van der Waals surface area (Å²) in [6.45, 7) is -4.96. The first kappa shape index (κ1) is 0.752. The van der Waals surface area contributed by atoms with Crippen molar-refractivity contribution in [2.24, 2.45) is 0 Å². The Morgan fingerprint density at radius 3 is 3.17 bits per heavy atom. The predicted octanol–water partition coefficient (Wildman–Crippen LogP) is 0.760. The molecule has 0 spiro atoms. The molecular formula is C5H11N. The number of hydrogen-bond donors (Lipinski definition) is 1. The smallest absolute Gasteiger partial charge is 0.0428 e. The van der Waals surface area contributed by atoms with Crippen LogP contribution in [0.15, 0.2) is 0 Å². The highest BCUT2D eigenvalue weighted by molar-refractivity contribution is 4.55. The molecule has 0 amide bonds. The Balaban J connectivity index is 3.13. The van der Waals surface area contributed by atoms with Crippen LogP contribution in [0.5, 0.6) is 0 Å². The highest BCUT2D eigenvalue weighted by Crippen LogP contribution is 1.96. The lowest BCUT2D eigenvalue weighted by molar-refractivity contribution is 0.520. The third kappa shape index (κ3) is 0.977. The standard InChI is InChI=1S/C5H11N/c1-2-4-6-5-3-1/h6H,1-5H2/i1D2,2D2,4D2,5D2. The fourth-order valence-corrected chi connectivity index (χ4v) is 0.252. The Morgan fingerprint density at radius 1 is 1.33 bits per heavy atom. The van der Waals surface area contributed by atoms with Crippen LogP contribution < -0.4 is 5.32 Å². The summed E-state index contributed by atoms with van der Waals surface area (Å²) < 4.78 is 58.1. The van der Waals surface area contributed by atoms with Crippen molar-refractivity contribution in [1.29, 1.82) is 0 Å². The molecule has 1 N–H and O–H groups in total. The third-order valence-corrected chi connectivity index (χ3v) is 0.479. The molecule has 1 rings (SSSR count). The van der Waals surface area contributed by atoms with Gasteiger partial charge >= 0.3 is 0 Å². The fraction of sp³-hybridized carbons (Fsp3) is 1.00. The molecule has 0 aromatic rings. The number of nitrogens with one attached hydrogen (secondary N) is 1. The summed E-state index contributed by atoms with van der Waals surface area (Å²) in [5, 5.41) is 1.83. The Bertz CT molecular complexity index is 224. The van der Waals surface area contributed by atoms with Gasteiger partial charge in [-0.25, -0.2) is 0 Å². The van der Waals surface area contributed by atoms with Crippen molar-refractivity contribution in [3.8, 4) is 0 Å². The maximum Gasteiger partial charge on any atom is 0.0428 e. The molecule has 1 fully saturated rings. The summed E-state index contributed by atoms with van der Waals surface area (Å²) in [6, 6.07) is 0. The molecular weight excluding hydrogens is 74.1 g/mol. The van der Waals surface area contributed by atoms with Crippen LogP contribution in [0.1, 0.15) is 30.1 Å². The minimum Gasteiger partial charge on any atom is -0.317 e. The van der Waals surface area contributed by atoms with Crippen LogP contribution in [0.2, 0.25) is 0 Å². The van der Waals surface area contributed by atoms with Crippen LogP contribution in [0, 0.1) is 0 Å². The topological polar surface area (TPSA) is 12.0 Å². The third-order valence-electron chi connectivity index (χ3n) is 0.479. The van der Waals surface area contributed by atoms with E-state index in [1.807, 2.05) is 5.32 Å². The first-order chi connectivity index (χ1) is 5.91. The number of hydrogen-bond acceptors (Lipinski definition) is 1. The monoisotopic (exact) mass is 93.1 g/mol. The molecule has 0 radical (unpaired) electrons. The molecule has 1 aliphatic rings. The SMILES string of the molecule is [2H]C1([2H])CC([2H])([2H])C([2H])([2H])C([2H])([2H])N1. The normalized spacial score (nSPS) is 77.3. The van der Waals surface area contributed by atoms with Crippen LogP contribution in [0.3, 0.4) is 0 Å². The van der Waals surface area contributed by atoms with Gasteiger partial charge in [-0.1, -0.05) is 6.37 Å². The molecule has 1 nitrogen and oxygen atoms in total. The Morgan fingerprint density at radius 2 is 2.33 bits per heavy atom. The van der Waals surface area contributed by atoms with Gasteiger partial charge in [0.2, 0.25) is 0 Å². The molecule has 0 aliphatic carbocycles. The second kappa shape index (κ2) is 2.19. The van der Waals surface area contributed by atoms with E-state index >= 15 is 0 Å². The van der Waals surface area contributed by atoms with Gasteiger partial charge in [-0.15, -0.1) is 0 Å². The second-order valence-electron chi connectivity index (χ2n) is 0.905. The lowest BCUT2D eigenvalue weighted by Crippen LogP contribution is -2.21. The van der Waals surface area contributed by atoms with Crippen LogP contribution in [0.4, 0.5) is 0 Å². The zero-order chi connectivity index (χ0) is 11.4. The van der Waals surface area contributed by atoms with Gasteiger partial charge in [-0.3, -0.25) is 0 Å². The van der Waals surface area contributed by atoms with Crippen LogP contribution >= 0.6 is 0 Å². The lowest BCUT2D eigenvalue weighted by Gasteiger charge is -2.08. The van der Waals surface area contributed by atoms with Crippen molar-refractivity contribution in [2.75, 3.05) is 13.0 Å². The minimum atomic E-state index is -2.76. The van der Waals surface area contributed by atoms with E-state index in [-0.39, 0.29) is 0 Å². The molecule has 0 saturated carbocycles. The number of piperidine rings is 1. The van der Waals surface area contributed by atoms with Gasteiger partial charge in [0.05, 0.1) is 0 Å². The summed E-state index contributed by atoms with van der Waals surface area (Å²) in [6.07, 6.45) is -6.01. The van der Waals surface area contributed by atoms with Crippen molar-refractivity contribution in [2.45, 2.75) is 19.2 Å². The van der Waals surface area contributed by atoms with Gasteiger partial charge in [0.25, 0.3) is 0 Å². The molecule has 0 aromatic carbocycles. The van der Waals surface area contributed by atoms with Gasteiger partial charge in [0.1, 0.15) is 0 Å². The van der Waals surface area contributed by atoms with Crippen molar-refractivity contribution < 1.29 is 11.0 Å². The van der Waals surface area contributed by atoms with Gasteiger partial charge < -0.3 is 5.32 Å². The van der Waals surface area contributed by atoms with E-state index in [2.05, 4.69) is 0 Å². The first-order valence-electron chi connectivity index (χ1n) is 5.71. The average molecular weight is 93.2 g/mol. The van der Waals surface area contributed by atoms with E-state index in [1.165, 1.54) is 0 Å². The number of rotatable bonds is 0. The lowest BCUT2D eigenvalue weighted by atomic mass is 10.2. The minimum absolute atomic E-state index is 0.716. The summed E-state index contributed by atoms with van der Waals surface area (Å²) in [5.41, 5.74) is 0. The largest absolute Gasteiger partial charge is 0.317 e. The summed E-state index contributed by atoms with van der Waals surface area (Å²) in [4.78, 5) is 0. The van der Waals surface area contributed by atoms with Crippen molar-refractivity contribution in [1.82, 2.24) is 5.32 Å². The first-order valence-corrected chi connectivity index (χ1v) is 1.71. The van der Waals surface area contributed by atoms with E-state index in [0.29, 0.717) is 0 Å². The van der Waals surface area contributed by atoms with E-state index in [9.17, 15) is 0 Å². The molecule has 0 unspecified atom stereocenters. The average Bonchev–Trinajstić information content (AvgIpc) is 1.77. The quantitative estimate of drug-likeness (QED) is 0.466. The maximum atomic E-state index is 7.31. The summed E-state index contributed by atoms with van der Waals surface area (Å²) >= 11 is 0. The highest BCUT2D eigenvalue weighted by Gasteiger charge is 1.93. The van der Waals surface area contributed by atoms with Crippen LogP contribution in [-0.2, 0) is 0 Å². The molecule has 6 heavy (non-hydrogen) atoms. The molecule has 1 heteroatoms. The molecule has 36 valence electrons. The Labute approximate surface area is 50.0 Å². The van der Waals surface area contributed by atoms with Crippen LogP contribution in [-0.4, -0.2) is 13.0 Å². The van der Waals surface area contributed by atoms with Crippen molar-refractivity contribution in [3.63, 3.8) is 0 Å². The molecule has 0 bridgehead atoms. The van der Waals surface area contributed by atoms with Gasteiger partial charge in [0, 0.05) is 11.0 Å². The molecule has 1 aliphatic heterocycles. The summed E-state index contributed by atoms with van der Waals surface area (Å²) in [5.74, 6) is 0. The van der Waals surface area contributed by atoms with Gasteiger partial charge in [-0.2, -0.15) is 0 Å². The Kier molecular flexibility index (Phi) is 0.275. The zero-order valence-electron chi connectivity index (χ0n) is 11.2. The van der Waals surface area contributed by atoms with E-state index < -0.39 is 32.2 Å². The highest BCUT2D eigenvalue weighted by atomic mass is 14.9. The zero-order valence-corrected chi connectivity index (χ0v) is 3.21. The predicted molar refractivity (Wildman–Crippen MR) is 26.7 cm³/mol. The summed E-state index contributed by atoms with van der Waals surface area (Å²) in [7, 11) is 0. The van der Waals surface area contributed by atoms with Crippen LogP contribution in [0.25, 0.3) is 0 Å². The molecule has 1 heterocycles. The van der Waals surface area contributed by atoms with E-state index in [0.717, 1.165) is 0 Å². The van der Waals surface area contributed by atoms with E-state index in [1.54, 1.807) is 0 Å².